The number of aromatic nitrogens is 2. The van der Waals surface area contributed by atoms with E-state index in [1.54, 1.807) is 6.07 Å². The Labute approximate surface area is 163 Å². The minimum absolute atomic E-state index is 0.0283. The smallest absolute Gasteiger partial charge is 0.295 e. The number of anilines is 2. The number of nitro benzene ring substituents is 1. The molecule has 3 aromatic rings. The molecule has 2 aromatic heterocycles. The Kier molecular flexibility index (Phi) is 5.06. The number of nitrogens with one attached hydrogen (secondary N) is 1. The van der Waals surface area contributed by atoms with Crippen LogP contribution in [0.4, 0.5) is 17.2 Å². The molecule has 4 rings (SSSR count). The van der Waals surface area contributed by atoms with Gasteiger partial charge in [0.1, 0.15) is 5.82 Å². The standard InChI is InChI=1S/C21H23N5O2/c1-15-12-18(17-6-5-7-19(26(27)28)21(17)24-15)23-14-16-8-9-22-20(13-16)25-10-3-2-4-11-25/h5-9,12-13H,2-4,10-11,14H2,1H3,(H,23,24). The average Bonchev–Trinajstić information content (AvgIpc) is 2.72. The highest BCUT2D eigenvalue weighted by molar-refractivity contribution is 5.96. The maximum atomic E-state index is 11.3. The molecule has 0 unspecified atom stereocenters. The Balaban J connectivity index is 1.59. The summed E-state index contributed by atoms with van der Waals surface area (Å²) in [4.78, 5) is 22.2. The Bertz CT molecular complexity index is 1010. The monoisotopic (exact) mass is 377 g/mol. The molecule has 0 aliphatic carbocycles. The molecule has 0 bridgehead atoms. The van der Waals surface area contributed by atoms with E-state index in [9.17, 15) is 10.1 Å². The summed E-state index contributed by atoms with van der Waals surface area (Å²) in [6.07, 6.45) is 5.57. The third-order valence-corrected chi connectivity index (χ3v) is 5.12. The number of piperidine rings is 1. The van der Waals surface area contributed by atoms with Crippen LogP contribution in [0.1, 0.15) is 30.5 Å². The van der Waals surface area contributed by atoms with Crippen molar-refractivity contribution in [2.24, 2.45) is 0 Å². The molecule has 0 atom stereocenters. The van der Waals surface area contributed by atoms with Crippen LogP contribution < -0.4 is 10.2 Å². The van der Waals surface area contributed by atoms with E-state index < -0.39 is 0 Å². The number of non-ortho nitro benzene ring substituents is 1. The second kappa shape index (κ2) is 7.80. The van der Waals surface area contributed by atoms with Crippen LogP contribution in [0, 0.1) is 17.0 Å². The van der Waals surface area contributed by atoms with Crippen molar-refractivity contribution >= 4 is 28.1 Å². The van der Waals surface area contributed by atoms with E-state index in [-0.39, 0.29) is 10.6 Å². The van der Waals surface area contributed by atoms with Crippen molar-refractivity contribution in [1.29, 1.82) is 0 Å². The lowest BCUT2D eigenvalue weighted by Gasteiger charge is -2.28. The van der Waals surface area contributed by atoms with Crippen LogP contribution in [-0.2, 0) is 6.54 Å². The van der Waals surface area contributed by atoms with E-state index in [4.69, 9.17) is 0 Å². The number of benzene rings is 1. The van der Waals surface area contributed by atoms with Crippen LogP contribution in [0.5, 0.6) is 0 Å². The van der Waals surface area contributed by atoms with Gasteiger partial charge in [0.15, 0.2) is 5.52 Å². The summed E-state index contributed by atoms with van der Waals surface area (Å²) in [7, 11) is 0. The van der Waals surface area contributed by atoms with E-state index in [2.05, 4.69) is 26.3 Å². The first-order valence-electron chi connectivity index (χ1n) is 9.60. The Hall–Kier alpha value is -3.22. The number of hydrogen-bond donors (Lipinski definition) is 1. The van der Waals surface area contributed by atoms with Gasteiger partial charge >= 0.3 is 0 Å². The Morgan fingerprint density at radius 3 is 2.79 bits per heavy atom. The van der Waals surface area contributed by atoms with E-state index in [1.165, 1.54) is 25.3 Å². The predicted octanol–water partition coefficient (Wildman–Crippen LogP) is 4.45. The van der Waals surface area contributed by atoms with Gasteiger partial charge < -0.3 is 10.2 Å². The van der Waals surface area contributed by atoms with E-state index in [0.29, 0.717) is 12.1 Å². The van der Waals surface area contributed by atoms with E-state index >= 15 is 0 Å². The lowest BCUT2D eigenvalue weighted by molar-refractivity contribution is -0.383. The largest absolute Gasteiger partial charge is 0.380 e. The third kappa shape index (κ3) is 3.74. The highest BCUT2D eigenvalue weighted by Crippen LogP contribution is 2.30. The van der Waals surface area contributed by atoms with Crippen LogP contribution in [0.2, 0.25) is 0 Å². The number of aryl methyl sites for hydroxylation is 1. The Morgan fingerprint density at radius 2 is 2.00 bits per heavy atom. The highest BCUT2D eigenvalue weighted by atomic mass is 16.6. The summed E-state index contributed by atoms with van der Waals surface area (Å²) in [5, 5.41) is 15.5. The molecule has 144 valence electrons. The SMILES string of the molecule is Cc1cc(NCc2ccnc(N3CCCCC3)c2)c2cccc([N+](=O)[O-])c2n1. The molecule has 3 heterocycles. The van der Waals surface area contributed by atoms with Gasteiger partial charge in [-0.1, -0.05) is 12.1 Å². The summed E-state index contributed by atoms with van der Waals surface area (Å²) in [5.41, 5.74) is 3.17. The molecule has 0 radical (unpaired) electrons. The zero-order chi connectivity index (χ0) is 19.5. The number of nitro groups is 1. The summed E-state index contributed by atoms with van der Waals surface area (Å²) < 4.78 is 0. The molecule has 1 N–H and O–H groups in total. The van der Waals surface area contributed by atoms with Gasteiger partial charge in [-0.25, -0.2) is 9.97 Å². The molecule has 7 heteroatoms. The quantitative estimate of drug-likeness (QED) is 0.522. The number of fused-ring (bicyclic) bond motifs is 1. The fourth-order valence-corrected chi connectivity index (χ4v) is 3.72. The summed E-state index contributed by atoms with van der Waals surface area (Å²) in [6.45, 7) is 4.58. The summed E-state index contributed by atoms with van der Waals surface area (Å²) in [5.74, 6) is 1.02. The second-order valence-corrected chi connectivity index (χ2v) is 7.17. The average molecular weight is 377 g/mol. The topological polar surface area (TPSA) is 84.2 Å². The lowest BCUT2D eigenvalue weighted by Crippen LogP contribution is -2.30. The molecule has 1 aliphatic heterocycles. The molecule has 0 saturated carbocycles. The zero-order valence-electron chi connectivity index (χ0n) is 15.9. The van der Waals surface area contributed by atoms with Gasteiger partial charge in [0.25, 0.3) is 5.69 Å². The van der Waals surface area contributed by atoms with Crippen LogP contribution in [-0.4, -0.2) is 28.0 Å². The molecule has 1 aromatic carbocycles. The van der Waals surface area contributed by atoms with Crippen LogP contribution in [0.25, 0.3) is 10.9 Å². The first-order valence-corrected chi connectivity index (χ1v) is 9.60. The van der Waals surface area contributed by atoms with Gasteiger partial charge in [-0.2, -0.15) is 0 Å². The number of pyridine rings is 2. The fraction of sp³-hybridized carbons (Fsp3) is 0.333. The normalized spacial score (nSPS) is 14.2. The molecule has 0 amide bonds. The first kappa shape index (κ1) is 18.2. The minimum Gasteiger partial charge on any atom is -0.380 e. The van der Waals surface area contributed by atoms with Gasteiger partial charge in [-0.3, -0.25) is 10.1 Å². The lowest BCUT2D eigenvalue weighted by atomic mass is 10.1. The van der Waals surface area contributed by atoms with Crippen molar-refractivity contribution in [2.45, 2.75) is 32.7 Å². The Morgan fingerprint density at radius 1 is 1.18 bits per heavy atom. The van der Waals surface area contributed by atoms with Gasteiger partial charge in [0.05, 0.1) is 4.92 Å². The highest BCUT2D eigenvalue weighted by Gasteiger charge is 2.16. The molecule has 0 spiro atoms. The first-order chi connectivity index (χ1) is 13.6. The molecule has 1 fully saturated rings. The van der Waals surface area contributed by atoms with Crippen molar-refractivity contribution in [3.05, 3.63) is 64.0 Å². The maximum Gasteiger partial charge on any atom is 0.295 e. The molecule has 28 heavy (non-hydrogen) atoms. The number of nitrogens with zero attached hydrogens (tertiary/aromatic N) is 4. The molecule has 7 nitrogen and oxygen atoms in total. The van der Waals surface area contributed by atoms with E-state index in [0.717, 1.165) is 41.2 Å². The van der Waals surface area contributed by atoms with Crippen molar-refractivity contribution in [1.82, 2.24) is 9.97 Å². The molecule has 1 saturated heterocycles. The van der Waals surface area contributed by atoms with E-state index in [1.807, 2.05) is 31.3 Å². The summed E-state index contributed by atoms with van der Waals surface area (Å²) in [6, 6.07) is 11.1. The van der Waals surface area contributed by atoms with Crippen LogP contribution in [0.3, 0.4) is 0 Å². The van der Waals surface area contributed by atoms with Crippen LogP contribution >= 0.6 is 0 Å². The van der Waals surface area contributed by atoms with Gasteiger partial charge in [0, 0.05) is 48.7 Å². The van der Waals surface area contributed by atoms with Gasteiger partial charge in [0.2, 0.25) is 0 Å². The van der Waals surface area contributed by atoms with Crippen LogP contribution in [0.15, 0.2) is 42.6 Å². The molecule has 1 aliphatic rings. The van der Waals surface area contributed by atoms with Crippen molar-refractivity contribution in [3.8, 4) is 0 Å². The number of rotatable bonds is 5. The van der Waals surface area contributed by atoms with Crippen molar-refractivity contribution in [2.75, 3.05) is 23.3 Å². The molecular weight excluding hydrogens is 354 g/mol. The second-order valence-electron chi connectivity index (χ2n) is 7.17. The van der Waals surface area contributed by atoms with Crippen molar-refractivity contribution < 1.29 is 4.92 Å². The zero-order valence-corrected chi connectivity index (χ0v) is 15.9. The van der Waals surface area contributed by atoms with Gasteiger partial charge in [-0.15, -0.1) is 0 Å². The molecular formula is C21H23N5O2. The van der Waals surface area contributed by atoms with Gasteiger partial charge in [-0.05, 0) is 49.9 Å². The fourth-order valence-electron chi connectivity index (χ4n) is 3.72. The minimum atomic E-state index is -0.383. The maximum absolute atomic E-state index is 11.3. The van der Waals surface area contributed by atoms with Crippen molar-refractivity contribution in [3.63, 3.8) is 0 Å². The third-order valence-electron chi connectivity index (χ3n) is 5.12. The number of para-hydroxylation sites is 1. The summed E-state index contributed by atoms with van der Waals surface area (Å²) >= 11 is 0. The predicted molar refractivity (Wildman–Crippen MR) is 111 cm³/mol. The number of hydrogen-bond acceptors (Lipinski definition) is 6.